The molecule has 0 atom stereocenters. The summed E-state index contributed by atoms with van der Waals surface area (Å²) in [6, 6.07) is 54.1. The first-order valence-electron chi connectivity index (χ1n) is 23.3. The van der Waals surface area contributed by atoms with Crippen LogP contribution < -0.4 is 9.80 Å². The van der Waals surface area contributed by atoms with Gasteiger partial charge in [0.25, 0.3) is 0 Å². The van der Waals surface area contributed by atoms with Crippen LogP contribution in [0.5, 0.6) is 0 Å². The van der Waals surface area contributed by atoms with Crippen molar-refractivity contribution in [3.8, 4) is 44.5 Å². The monoisotopic (exact) mass is 726 g/mol. The lowest BCUT2D eigenvalue weighted by Crippen LogP contribution is -2.10. The minimum atomic E-state index is -0.480. The van der Waals surface area contributed by atoms with Crippen molar-refractivity contribution in [1.29, 1.82) is 0 Å². The molecule has 0 aliphatic rings. The van der Waals surface area contributed by atoms with Crippen LogP contribution in [0.4, 0.5) is 34.1 Å². The Bertz CT molecular complexity index is 3160. The molecule has 0 saturated carbocycles. The maximum atomic E-state index is 9.05. The summed E-state index contributed by atoms with van der Waals surface area (Å²) in [5.41, 5.74) is 9.60. The van der Waals surface area contributed by atoms with Crippen molar-refractivity contribution in [2.24, 2.45) is 0 Å². The Balaban J connectivity index is 1.19. The maximum absolute atomic E-state index is 9.05. The minimum absolute atomic E-state index is 0.00844. The number of hydrogen-bond acceptors (Lipinski definition) is 2. The summed E-state index contributed by atoms with van der Waals surface area (Å²) in [6.07, 6.45) is 0. The summed E-state index contributed by atoms with van der Waals surface area (Å²) >= 11 is 0. The van der Waals surface area contributed by atoms with E-state index in [1.807, 2.05) is 182 Å². The van der Waals surface area contributed by atoms with Gasteiger partial charge in [0.05, 0.1) is 13.7 Å². The average Bonchev–Trinajstić information content (AvgIpc) is 3.37. The number of benzene rings is 9. The normalized spacial score (nSPS) is 13.4. The highest BCUT2D eigenvalue weighted by molar-refractivity contribution is 5.90. The van der Waals surface area contributed by atoms with E-state index in [1.165, 1.54) is 0 Å². The van der Waals surface area contributed by atoms with Gasteiger partial charge in [-0.3, -0.25) is 0 Å². The average molecular weight is 727 g/mol. The molecule has 2 nitrogen and oxygen atoms in total. The molecule has 0 bridgehead atoms. The zero-order valence-electron chi connectivity index (χ0n) is 40.2. The van der Waals surface area contributed by atoms with Crippen LogP contribution in [-0.2, 0) is 0 Å². The lowest BCUT2D eigenvalue weighted by molar-refractivity contribution is 1.28. The van der Waals surface area contributed by atoms with Crippen molar-refractivity contribution in [3.63, 3.8) is 0 Å². The Labute approximate surface area is 343 Å². The van der Waals surface area contributed by atoms with Gasteiger partial charge in [0.15, 0.2) is 0 Å². The molecule has 0 amide bonds. The maximum Gasteiger partial charge on any atom is 0.0645 e. The third-order valence-corrected chi connectivity index (χ3v) is 9.67. The lowest BCUT2D eigenvalue weighted by Gasteiger charge is -2.27. The molecule has 9 aromatic carbocycles. The first-order valence-corrected chi connectivity index (χ1v) is 18.3. The van der Waals surface area contributed by atoms with Crippen LogP contribution in [0, 0.1) is 0 Å². The van der Waals surface area contributed by atoms with Gasteiger partial charge in [-0.25, -0.2) is 0 Å². The van der Waals surface area contributed by atoms with E-state index in [-0.39, 0.29) is 35.5 Å². The van der Waals surface area contributed by atoms with Gasteiger partial charge in [-0.2, -0.15) is 0 Å². The standard InChI is InChI=1S/C54H40N2/c1-6-16-41(17-7-1)43-26-32-49(33-27-43)55(47-22-12-4-13-23-47)50-36-30-46(31-37-50)53-39-38-52(40-54(53)45-20-10-3-11-21-45)56(48-24-14-5-15-25-48)51-34-28-44(29-35-51)42-18-8-2-9-19-42/h1-40H/i4D,5D,12D,13D,14D,15D,22D,23D,24D,25D. The van der Waals surface area contributed by atoms with Crippen molar-refractivity contribution in [1.82, 2.24) is 0 Å². The van der Waals surface area contributed by atoms with Gasteiger partial charge in [0.2, 0.25) is 0 Å². The second kappa shape index (κ2) is 15.9. The molecule has 0 aliphatic carbocycles. The summed E-state index contributed by atoms with van der Waals surface area (Å²) in [5.74, 6) is 0. The molecule has 266 valence electrons. The molecule has 9 aromatic rings. The first-order chi connectivity index (χ1) is 31.9. The fourth-order valence-corrected chi connectivity index (χ4v) is 6.96. The van der Waals surface area contributed by atoms with E-state index >= 15 is 0 Å². The summed E-state index contributed by atoms with van der Waals surface area (Å²) < 4.78 is 86.9. The van der Waals surface area contributed by atoms with Crippen LogP contribution in [0.25, 0.3) is 44.5 Å². The Hall–Kier alpha value is -7.42. The van der Waals surface area contributed by atoms with Crippen LogP contribution >= 0.6 is 0 Å². The summed E-state index contributed by atoms with van der Waals surface area (Å²) in [5, 5.41) is 0. The van der Waals surface area contributed by atoms with Gasteiger partial charge in [-0.05, 0) is 117 Å². The molecular weight excluding hydrogens is 677 g/mol. The van der Waals surface area contributed by atoms with Crippen molar-refractivity contribution in [2.75, 3.05) is 9.80 Å². The van der Waals surface area contributed by atoms with Crippen LogP contribution in [0.15, 0.2) is 242 Å². The van der Waals surface area contributed by atoms with Crippen molar-refractivity contribution >= 4 is 34.1 Å². The number of anilines is 6. The van der Waals surface area contributed by atoms with E-state index in [9.17, 15) is 0 Å². The number of para-hydroxylation sites is 2. The van der Waals surface area contributed by atoms with Gasteiger partial charge in [-0.1, -0.05) is 170 Å². The summed E-state index contributed by atoms with van der Waals surface area (Å²) in [6.45, 7) is 0. The van der Waals surface area contributed by atoms with E-state index in [0.717, 1.165) is 44.5 Å². The second-order valence-electron chi connectivity index (χ2n) is 13.1. The van der Waals surface area contributed by atoms with Gasteiger partial charge in [0.1, 0.15) is 0 Å². The van der Waals surface area contributed by atoms with Crippen LogP contribution in [-0.4, -0.2) is 0 Å². The minimum Gasteiger partial charge on any atom is -0.311 e. The van der Waals surface area contributed by atoms with E-state index in [0.29, 0.717) is 22.7 Å². The molecule has 0 unspecified atom stereocenters. The Morgan fingerprint density at radius 2 is 0.571 bits per heavy atom. The number of nitrogens with zero attached hydrogens (tertiary/aromatic N) is 2. The third kappa shape index (κ3) is 7.24. The van der Waals surface area contributed by atoms with Crippen molar-refractivity contribution in [3.05, 3.63) is 242 Å². The van der Waals surface area contributed by atoms with Crippen LogP contribution in [0.2, 0.25) is 0 Å². The molecule has 0 saturated heterocycles. The highest BCUT2D eigenvalue weighted by Gasteiger charge is 2.18. The number of hydrogen-bond donors (Lipinski definition) is 0. The zero-order chi connectivity index (χ0) is 46.2. The van der Waals surface area contributed by atoms with Crippen LogP contribution in [0.1, 0.15) is 13.7 Å². The van der Waals surface area contributed by atoms with Crippen molar-refractivity contribution < 1.29 is 13.7 Å². The number of rotatable bonds is 10. The molecule has 0 N–H and O–H groups in total. The van der Waals surface area contributed by atoms with E-state index in [2.05, 4.69) is 0 Å². The molecular formula is C54H40N2. The first kappa shape index (κ1) is 24.8. The molecule has 0 radical (unpaired) electrons. The van der Waals surface area contributed by atoms with Crippen molar-refractivity contribution in [2.45, 2.75) is 0 Å². The molecule has 2 heteroatoms. The summed E-state index contributed by atoms with van der Waals surface area (Å²) in [7, 11) is 0. The zero-order valence-corrected chi connectivity index (χ0v) is 30.2. The Kier molecular flexibility index (Phi) is 7.04. The SMILES string of the molecule is [2H]c1c([2H])c([2H])c(N(c2ccc(-c3ccccc3)cc2)c2ccc(-c3ccc(N(c4ccc(-c5ccccc5)cc4)c4c([2H])c([2H])c([2H])c([2H])c4[2H])cc3-c3ccccc3)cc2)c([2H])c1[2H]. The highest BCUT2D eigenvalue weighted by atomic mass is 15.1. The Morgan fingerprint density at radius 1 is 0.250 bits per heavy atom. The van der Waals surface area contributed by atoms with E-state index < -0.39 is 36.3 Å². The molecule has 0 heterocycles. The fourth-order valence-electron chi connectivity index (χ4n) is 6.96. The molecule has 9 rings (SSSR count). The lowest BCUT2D eigenvalue weighted by atomic mass is 9.93. The quantitative estimate of drug-likeness (QED) is 0.138. The topological polar surface area (TPSA) is 6.48 Å². The van der Waals surface area contributed by atoms with Gasteiger partial charge >= 0.3 is 0 Å². The molecule has 0 aliphatic heterocycles. The predicted molar refractivity (Wildman–Crippen MR) is 238 cm³/mol. The van der Waals surface area contributed by atoms with Gasteiger partial charge in [0, 0.05) is 34.1 Å². The predicted octanol–water partition coefficient (Wildman–Crippen LogP) is 15.3. The fraction of sp³-hybridized carbons (Fsp3) is 0. The molecule has 56 heavy (non-hydrogen) atoms. The van der Waals surface area contributed by atoms with E-state index in [4.69, 9.17) is 13.7 Å². The smallest absolute Gasteiger partial charge is 0.0645 e. The second-order valence-corrected chi connectivity index (χ2v) is 13.1. The van der Waals surface area contributed by atoms with Gasteiger partial charge < -0.3 is 9.80 Å². The van der Waals surface area contributed by atoms with Crippen LogP contribution in [0.3, 0.4) is 0 Å². The van der Waals surface area contributed by atoms with E-state index in [1.54, 1.807) is 9.80 Å². The molecule has 0 spiro atoms. The largest absolute Gasteiger partial charge is 0.311 e. The molecule has 0 fully saturated rings. The molecule has 0 aromatic heterocycles. The summed E-state index contributed by atoms with van der Waals surface area (Å²) in [4.78, 5) is 3.39. The highest BCUT2D eigenvalue weighted by Crippen LogP contribution is 2.42. The third-order valence-electron chi connectivity index (χ3n) is 9.67. The van der Waals surface area contributed by atoms with Gasteiger partial charge in [-0.15, -0.1) is 0 Å². The Morgan fingerprint density at radius 3 is 1.00 bits per heavy atom.